The van der Waals surface area contributed by atoms with Crippen molar-refractivity contribution in [3.05, 3.63) is 5.82 Å². The van der Waals surface area contributed by atoms with Gasteiger partial charge in [-0.15, -0.1) is 10.2 Å². The number of anilines is 1. The van der Waals surface area contributed by atoms with Crippen LogP contribution in [-0.4, -0.2) is 34.0 Å². The molecule has 0 spiro atoms. The quantitative estimate of drug-likeness (QED) is 0.821. The van der Waals surface area contributed by atoms with E-state index in [0.29, 0.717) is 0 Å². The molecule has 1 heterocycles. The number of nitrogens with one attached hydrogen (secondary N) is 1. The Hall–Kier alpha value is -1.10. The molecule has 5 heteroatoms. The summed E-state index contributed by atoms with van der Waals surface area (Å²) in [6.45, 7) is 5.95. The van der Waals surface area contributed by atoms with Gasteiger partial charge in [0, 0.05) is 26.6 Å². The topological polar surface area (TPSA) is 52.0 Å². The highest BCUT2D eigenvalue weighted by molar-refractivity contribution is 5.26. The number of aromatic nitrogens is 3. The summed E-state index contributed by atoms with van der Waals surface area (Å²) >= 11 is 0. The number of nitrogens with zero attached hydrogens (tertiary/aromatic N) is 3. The van der Waals surface area contributed by atoms with Crippen LogP contribution in [0.4, 0.5) is 5.95 Å². The molecule has 0 aliphatic heterocycles. The van der Waals surface area contributed by atoms with Crippen molar-refractivity contribution in [3.8, 4) is 0 Å². The summed E-state index contributed by atoms with van der Waals surface area (Å²) < 4.78 is 7.79. The van der Waals surface area contributed by atoms with Crippen LogP contribution >= 0.6 is 0 Å². The molecular weight excluding hydrogens is 216 g/mol. The normalized spacial score (nSPS) is 17.8. The van der Waals surface area contributed by atoms with Gasteiger partial charge in [-0.25, -0.2) is 0 Å². The zero-order valence-corrected chi connectivity index (χ0v) is 11.0. The van der Waals surface area contributed by atoms with Crippen LogP contribution in [0.15, 0.2) is 0 Å². The smallest absolute Gasteiger partial charge is 0.224 e. The van der Waals surface area contributed by atoms with Gasteiger partial charge in [0.2, 0.25) is 5.95 Å². The molecule has 1 aromatic heterocycles. The van der Waals surface area contributed by atoms with Crippen LogP contribution in [0.5, 0.6) is 0 Å². The Morgan fingerprint density at radius 2 is 2.12 bits per heavy atom. The van der Waals surface area contributed by atoms with Crippen LogP contribution < -0.4 is 5.32 Å². The summed E-state index contributed by atoms with van der Waals surface area (Å²) in [5.41, 5.74) is 0.0173. The van der Waals surface area contributed by atoms with Gasteiger partial charge in [-0.2, -0.15) is 0 Å². The summed E-state index contributed by atoms with van der Waals surface area (Å²) in [6.07, 6.45) is 4.40. The Morgan fingerprint density at radius 3 is 2.59 bits per heavy atom. The van der Waals surface area contributed by atoms with Crippen molar-refractivity contribution >= 4 is 5.95 Å². The summed E-state index contributed by atoms with van der Waals surface area (Å²) in [7, 11) is 1.80. The number of methoxy groups -OCH3 is 1. The van der Waals surface area contributed by atoms with E-state index in [-0.39, 0.29) is 5.60 Å². The molecule has 96 valence electrons. The lowest BCUT2D eigenvalue weighted by atomic mass is 9.77. The van der Waals surface area contributed by atoms with Crippen LogP contribution in [0.2, 0.25) is 0 Å². The summed E-state index contributed by atoms with van der Waals surface area (Å²) in [6, 6.07) is 0. The Morgan fingerprint density at radius 1 is 1.35 bits per heavy atom. The van der Waals surface area contributed by atoms with Crippen LogP contribution in [-0.2, 0) is 17.7 Å². The zero-order valence-electron chi connectivity index (χ0n) is 11.0. The number of ether oxygens (including phenoxy) is 1. The molecule has 0 radical (unpaired) electrons. The molecule has 2 rings (SSSR count). The van der Waals surface area contributed by atoms with E-state index >= 15 is 0 Å². The van der Waals surface area contributed by atoms with Crippen LogP contribution in [0.1, 0.15) is 38.9 Å². The van der Waals surface area contributed by atoms with Gasteiger partial charge in [0.25, 0.3) is 0 Å². The maximum atomic E-state index is 5.64. The summed E-state index contributed by atoms with van der Waals surface area (Å²) in [5, 5.41) is 11.7. The highest BCUT2D eigenvalue weighted by Crippen LogP contribution is 2.37. The average molecular weight is 238 g/mol. The number of hydrogen-bond donors (Lipinski definition) is 1. The molecule has 1 N–H and O–H groups in total. The Kier molecular flexibility index (Phi) is 3.66. The SMILES string of the molecule is CCNc1nnc(CC2(OC)CCC2)n1CC. The fourth-order valence-electron chi connectivity index (χ4n) is 2.40. The van der Waals surface area contributed by atoms with Gasteiger partial charge in [-0.05, 0) is 33.1 Å². The molecular formula is C12H22N4O. The van der Waals surface area contributed by atoms with Gasteiger partial charge in [0.15, 0.2) is 0 Å². The molecule has 0 bridgehead atoms. The van der Waals surface area contributed by atoms with Crippen LogP contribution in [0.3, 0.4) is 0 Å². The molecule has 0 unspecified atom stereocenters. The predicted molar refractivity (Wildman–Crippen MR) is 67.2 cm³/mol. The maximum Gasteiger partial charge on any atom is 0.224 e. The van der Waals surface area contributed by atoms with Crippen molar-refractivity contribution in [3.63, 3.8) is 0 Å². The van der Waals surface area contributed by atoms with Crippen molar-refractivity contribution in [1.82, 2.24) is 14.8 Å². The number of rotatable bonds is 6. The first-order valence-corrected chi connectivity index (χ1v) is 6.46. The highest BCUT2D eigenvalue weighted by Gasteiger charge is 2.38. The lowest BCUT2D eigenvalue weighted by Crippen LogP contribution is -2.42. The van der Waals surface area contributed by atoms with E-state index in [1.165, 1.54) is 6.42 Å². The fraction of sp³-hybridized carbons (Fsp3) is 0.833. The molecule has 0 amide bonds. The van der Waals surface area contributed by atoms with Crippen molar-refractivity contribution in [2.45, 2.75) is 51.7 Å². The van der Waals surface area contributed by atoms with Gasteiger partial charge in [-0.1, -0.05) is 0 Å². The van der Waals surface area contributed by atoms with Gasteiger partial charge >= 0.3 is 0 Å². The van der Waals surface area contributed by atoms with Crippen molar-refractivity contribution in [2.75, 3.05) is 19.0 Å². The van der Waals surface area contributed by atoms with E-state index in [4.69, 9.17) is 4.74 Å². The Bertz CT molecular complexity index is 365. The molecule has 1 fully saturated rings. The first kappa shape index (κ1) is 12.4. The average Bonchev–Trinajstić information content (AvgIpc) is 2.66. The predicted octanol–water partition coefficient (Wildman–Crippen LogP) is 1.84. The molecule has 5 nitrogen and oxygen atoms in total. The minimum atomic E-state index is 0.0173. The van der Waals surface area contributed by atoms with Crippen LogP contribution in [0.25, 0.3) is 0 Å². The summed E-state index contributed by atoms with van der Waals surface area (Å²) in [5.74, 6) is 1.90. The van der Waals surface area contributed by atoms with Crippen molar-refractivity contribution < 1.29 is 4.74 Å². The second-order valence-corrected chi connectivity index (χ2v) is 4.63. The standard InChI is InChI=1S/C12H22N4O/c1-4-13-11-15-14-10(16(11)5-2)9-12(17-3)7-6-8-12/h4-9H2,1-3H3,(H,13,15). The van der Waals surface area contributed by atoms with E-state index < -0.39 is 0 Å². The molecule has 0 aromatic carbocycles. The lowest BCUT2D eigenvalue weighted by molar-refractivity contribution is -0.0726. The second kappa shape index (κ2) is 5.04. The molecule has 1 aliphatic rings. The third-order valence-corrected chi connectivity index (χ3v) is 3.66. The van der Waals surface area contributed by atoms with Gasteiger partial charge < -0.3 is 10.1 Å². The minimum absolute atomic E-state index is 0.0173. The number of hydrogen-bond acceptors (Lipinski definition) is 4. The zero-order chi connectivity index (χ0) is 12.3. The van der Waals surface area contributed by atoms with Gasteiger partial charge in [-0.3, -0.25) is 4.57 Å². The molecule has 0 saturated heterocycles. The van der Waals surface area contributed by atoms with Crippen molar-refractivity contribution in [2.24, 2.45) is 0 Å². The maximum absolute atomic E-state index is 5.64. The van der Waals surface area contributed by atoms with E-state index in [9.17, 15) is 0 Å². The molecule has 1 saturated carbocycles. The highest BCUT2D eigenvalue weighted by atomic mass is 16.5. The Balaban J connectivity index is 2.15. The molecule has 1 aliphatic carbocycles. The molecule has 17 heavy (non-hydrogen) atoms. The van der Waals surface area contributed by atoms with E-state index in [1.54, 1.807) is 7.11 Å². The molecule has 0 atom stereocenters. The lowest BCUT2D eigenvalue weighted by Gasteiger charge is -2.40. The van der Waals surface area contributed by atoms with Gasteiger partial charge in [0.05, 0.1) is 5.60 Å². The third-order valence-electron chi connectivity index (χ3n) is 3.66. The largest absolute Gasteiger partial charge is 0.378 e. The van der Waals surface area contributed by atoms with Crippen LogP contribution in [0, 0.1) is 0 Å². The van der Waals surface area contributed by atoms with E-state index in [1.807, 2.05) is 0 Å². The minimum Gasteiger partial charge on any atom is -0.378 e. The van der Waals surface area contributed by atoms with E-state index in [2.05, 4.69) is 33.9 Å². The van der Waals surface area contributed by atoms with Crippen molar-refractivity contribution in [1.29, 1.82) is 0 Å². The van der Waals surface area contributed by atoms with E-state index in [0.717, 1.165) is 44.1 Å². The summed E-state index contributed by atoms with van der Waals surface area (Å²) in [4.78, 5) is 0. The first-order valence-electron chi connectivity index (χ1n) is 6.46. The first-order chi connectivity index (χ1) is 8.24. The third kappa shape index (κ3) is 2.29. The molecule has 1 aromatic rings. The Labute approximate surface area is 103 Å². The van der Waals surface area contributed by atoms with Gasteiger partial charge in [0.1, 0.15) is 5.82 Å². The second-order valence-electron chi connectivity index (χ2n) is 4.63. The monoisotopic (exact) mass is 238 g/mol. The fourth-order valence-corrected chi connectivity index (χ4v) is 2.40.